The minimum absolute atomic E-state index is 0.00646. The number of carbonyl (C=O) groups is 3. The molecule has 1 unspecified atom stereocenters. The number of anilines is 1. The smallest absolute Gasteiger partial charge is 0.247 e. The zero-order valence-corrected chi connectivity index (χ0v) is 21.9. The molecule has 194 valence electrons. The Kier molecular flexibility index (Phi) is 9.99. The van der Waals surface area contributed by atoms with Crippen LogP contribution < -0.4 is 15.5 Å². The summed E-state index contributed by atoms with van der Waals surface area (Å²) in [6.07, 6.45) is 9.76. The van der Waals surface area contributed by atoms with Gasteiger partial charge in [0, 0.05) is 25.2 Å². The minimum Gasteiger partial charge on any atom is -0.344 e. The second-order valence-corrected chi connectivity index (χ2v) is 10.4. The number of carbonyl (C=O) groups excluding carboxylic acids is 3. The maximum absolute atomic E-state index is 13.4. The molecule has 2 heterocycles. The van der Waals surface area contributed by atoms with Gasteiger partial charge in [-0.15, -0.1) is 0 Å². The van der Waals surface area contributed by atoms with Crippen LogP contribution in [0, 0.1) is 5.92 Å². The molecule has 1 atom stereocenters. The quantitative estimate of drug-likeness (QED) is 0.435. The van der Waals surface area contributed by atoms with E-state index in [1.54, 1.807) is 0 Å². The first-order valence-corrected chi connectivity index (χ1v) is 13.6. The molecule has 0 radical (unpaired) electrons. The van der Waals surface area contributed by atoms with Crippen molar-refractivity contribution >= 4 is 23.4 Å². The average molecular weight is 485 g/mol. The number of nitrogens with zero attached hydrogens (tertiary/aromatic N) is 2. The highest BCUT2D eigenvalue weighted by Crippen LogP contribution is 2.36. The van der Waals surface area contributed by atoms with Crippen LogP contribution >= 0.6 is 0 Å². The van der Waals surface area contributed by atoms with Gasteiger partial charge in [-0.1, -0.05) is 77.5 Å². The average Bonchev–Trinajstić information content (AvgIpc) is 3.17. The molecule has 0 bridgehead atoms. The molecule has 1 aromatic carbocycles. The molecular weight excluding hydrogens is 440 g/mol. The third-order valence-corrected chi connectivity index (χ3v) is 7.56. The van der Waals surface area contributed by atoms with Crippen molar-refractivity contribution in [1.29, 1.82) is 0 Å². The van der Waals surface area contributed by atoms with E-state index in [1.165, 1.54) is 32.1 Å². The number of unbranched alkanes of at least 4 members (excludes halogenated alkanes) is 6. The molecule has 2 saturated heterocycles. The second-order valence-electron chi connectivity index (χ2n) is 10.4. The van der Waals surface area contributed by atoms with Crippen molar-refractivity contribution in [3.63, 3.8) is 0 Å². The summed E-state index contributed by atoms with van der Waals surface area (Å²) >= 11 is 0. The van der Waals surface area contributed by atoms with Crippen molar-refractivity contribution in [3.8, 4) is 0 Å². The van der Waals surface area contributed by atoms with E-state index in [4.69, 9.17) is 0 Å². The van der Waals surface area contributed by atoms with Crippen molar-refractivity contribution in [1.82, 2.24) is 15.5 Å². The number of benzene rings is 1. The number of rotatable bonds is 12. The SMILES string of the molecule is CCCCCCCCCC(=O)NC(C(=O)N1CCC2(CC1)C(=O)NCN2c1ccccc1)C(C)C. The maximum Gasteiger partial charge on any atom is 0.247 e. The molecule has 35 heavy (non-hydrogen) atoms. The van der Waals surface area contributed by atoms with E-state index < -0.39 is 11.6 Å². The van der Waals surface area contributed by atoms with Crippen LogP contribution in [0.2, 0.25) is 0 Å². The zero-order valence-electron chi connectivity index (χ0n) is 21.9. The summed E-state index contributed by atoms with van der Waals surface area (Å²) in [5, 5.41) is 6.01. The van der Waals surface area contributed by atoms with Crippen LogP contribution in [-0.4, -0.2) is 54.0 Å². The Hall–Kier alpha value is -2.57. The number of likely N-dealkylation sites (tertiary alicyclic amines) is 1. The zero-order chi connectivity index (χ0) is 25.3. The Labute approximate surface area is 211 Å². The monoisotopic (exact) mass is 484 g/mol. The summed E-state index contributed by atoms with van der Waals surface area (Å²) in [4.78, 5) is 42.8. The molecule has 0 aromatic heterocycles. The fourth-order valence-corrected chi connectivity index (χ4v) is 5.33. The summed E-state index contributed by atoms with van der Waals surface area (Å²) in [6, 6.07) is 9.45. The van der Waals surface area contributed by atoms with Gasteiger partial charge in [0.1, 0.15) is 11.6 Å². The summed E-state index contributed by atoms with van der Waals surface area (Å²) in [7, 11) is 0. The van der Waals surface area contributed by atoms with Crippen LogP contribution in [0.5, 0.6) is 0 Å². The van der Waals surface area contributed by atoms with Crippen LogP contribution in [0.1, 0.15) is 85.0 Å². The lowest BCUT2D eigenvalue weighted by atomic mass is 9.85. The summed E-state index contributed by atoms with van der Waals surface area (Å²) < 4.78 is 0. The largest absolute Gasteiger partial charge is 0.344 e. The first-order chi connectivity index (χ1) is 16.9. The fraction of sp³-hybridized carbons (Fsp3) is 0.679. The summed E-state index contributed by atoms with van der Waals surface area (Å²) in [6.45, 7) is 7.66. The highest BCUT2D eigenvalue weighted by molar-refractivity contribution is 5.94. The standard InChI is InChI=1S/C28H44N4O3/c1-4-5-6-7-8-9-13-16-24(33)30-25(22(2)3)26(34)31-19-17-28(18-20-31)27(35)29-21-32(28)23-14-11-10-12-15-23/h10-12,14-15,22,25H,4-9,13,16-21H2,1-3H3,(H,29,35)(H,30,33). The third kappa shape index (κ3) is 6.77. The van der Waals surface area contributed by atoms with Gasteiger partial charge in [-0.05, 0) is 37.3 Å². The first-order valence-electron chi connectivity index (χ1n) is 13.6. The van der Waals surface area contributed by atoms with E-state index in [1.807, 2.05) is 49.1 Å². The molecule has 1 spiro atoms. The summed E-state index contributed by atoms with van der Waals surface area (Å²) in [5.74, 6) is -0.0271. The number of nitrogens with one attached hydrogen (secondary N) is 2. The Balaban J connectivity index is 1.52. The molecule has 0 aliphatic carbocycles. The Morgan fingerprint density at radius 3 is 2.26 bits per heavy atom. The van der Waals surface area contributed by atoms with E-state index in [9.17, 15) is 14.4 Å². The molecule has 0 saturated carbocycles. The lowest BCUT2D eigenvalue weighted by Crippen LogP contribution is -2.60. The van der Waals surface area contributed by atoms with Crippen LogP contribution in [0.4, 0.5) is 5.69 Å². The lowest BCUT2D eigenvalue weighted by Gasteiger charge is -2.44. The van der Waals surface area contributed by atoms with Crippen molar-refractivity contribution in [2.75, 3.05) is 24.7 Å². The van der Waals surface area contributed by atoms with Gasteiger partial charge in [0.25, 0.3) is 0 Å². The third-order valence-electron chi connectivity index (χ3n) is 7.56. The predicted molar refractivity (Wildman–Crippen MR) is 140 cm³/mol. The highest BCUT2D eigenvalue weighted by Gasteiger charge is 2.51. The Bertz CT molecular complexity index is 834. The molecule has 7 nitrogen and oxygen atoms in total. The van der Waals surface area contributed by atoms with Gasteiger partial charge in [-0.25, -0.2) is 0 Å². The Morgan fingerprint density at radius 1 is 1.00 bits per heavy atom. The number of amides is 3. The molecule has 1 aromatic rings. The van der Waals surface area contributed by atoms with Crippen LogP contribution in [0.3, 0.4) is 0 Å². The number of hydrogen-bond acceptors (Lipinski definition) is 4. The number of hydrogen-bond donors (Lipinski definition) is 2. The van der Waals surface area contributed by atoms with E-state index in [-0.39, 0.29) is 23.6 Å². The lowest BCUT2D eigenvalue weighted by molar-refractivity contribution is -0.140. The van der Waals surface area contributed by atoms with Crippen molar-refractivity contribution in [2.24, 2.45) is 5.92 Å². The number of para-hydroxylation sites is 1. The molecule has 3 amide bonds. The molecule has 3 rings (SSSR count). The van der Waals surface area contributed by atoms with Gasteiger partial charge in [0.2, 0.25) is 17.7 Å². The van der Waals surface area contributed by atoms with Gasteiger partial charge in [0.05, 0.1) is 6.67 Å². The predicted octanol–water partition coefficient (Wildman–Crippen LogP) is 4.22. The minimum atomic E-state index is -0.619. The van der Waals surface area contributed by atoms with Crippen molar-refractivity contribution in [3.05, 3.63) is 30.3 Å². The van der Waals surface area contributed by atoms with Gasteiger partial charge < -0.3 is 20.4 Å². The fourth-order valence-electron chi connectivity index (χ4n) is 5.33. The van der Waals surface area contributed by atoms with E-state index in [0.29, 0.717) is 39.0 Å². The van der Waals surface area contributed by atoms with Crippen LogP contribution in [0.15, 0.2) is 30.3 Å². The highest BCUT2D eigenvalue weighted by atomic mass is 16.2. The normalized spacial score (nSPS) is 18.1. The maximum atomic E-state index is 13.4. The van der Waals surface area contributed by atoms with Gasteiger partial charge in [-0.3, -0.25) is 14.4 Å². The molecule has 2 N–H and O–H groups in total. The molecule has 2 fully saturated rings. The topological polar surface area (TPSA) is 81.8 Å². The van der Waals surface area contributed by atoms with E-state index >= 15 is 0 Å². The molecule has 7 heteroatoms. The van der Waals surface area contributed by atoms with Gasteiger partial charge >= 0.3 is 0 Å². The number of piperidine rings is 1. The van der Waals surface area contributed by atoms with Crippen molar-refractivity contribution in [2.45, 2.75) is 96.6 Å². The molecular formula is C28H44N4O3. The first kappa shape index (κ1) is 27.0. The van der Waals surface area contributed by atoms with Crippen LogP contribution in [0.25, 0.3) is 0 Å². The Morgan fingerprint density at radius 2 is 1.63 bits per heavy atom. The summed E-state index contributed by atoms with van der Waals surface area (Å²) in [5.41, 5.74) is 0.398. The second kappa shape index (κ2) is 12.9. The van der Waals surface area contributed by atoms with Gasteiger partial charge in [-0.2, -0.15) is 0 Å². The van der Waals surface area contributed by atoms with E-state index in [0.717, 1.165) is 18.5 Å². The van der Waals surface area contributed by atoms with E-state index in [2.05, 4.69) is 22.5 Å². The molecule has 2 aliphatic heterocycles. The molecule has 2 aliphatic rings. The van der Waals surface area contributed by atoms with Crippen molar-refractivity contribution < 1.29 is 14.4 Å². The van der Waals surface area contributed by atoms with Crippen LogP contribution in [-0.2, 0) is 14.4 Å². The van der Waals surface area contributed by atoms with Gasteiger partial charge in [0.15, 0.2) is 0 Å².